The summed E-state index contributed by atoms with van der Waals surface area (Å²) in [5.74, 6) is -1.27. The van der Waals surface area contributed by atoms with Crippen LogP contribution < -0.4 is 11.5 Å². The minimum atomic E-state index is -0.726. The fraction of sp³-hybridized carbons (Fsp3) is 0.367. The lowest BCUT2D eigenvalue weighted by Gasteiger charge is -2.24. The highest BCUT2D eigenvalue weighted by Crippen LogP contribution is 2.42. The van der Waals surface area contributed by atoms with Crippen molar-refractivity contribution in [2.75, 3.05) is 12.8 Å². The summed E-state index contributed by atoms with van der Waals surface area (Å²) in [4.78, 5) is 4.18. The molecule has 206 valence electrons. The molecule has 4 nitrogen and oxygen atoms in total. The van der Waals surface area contributed by atoms with Crippen molar-refractivity contribution < 1.29 is 13.9 Å². The Balaban J connectivity index is 0. The van der Waals surface area contributed by atoms with E-state index in [9.17, 15) is 5.11 Å². The van der Waals surface area contributed by atoms with Gasteiger partial charge >= 0.3 is 0 Å². The minimum Gasteiger partial charge on any atom is -0.396 e. The van der Waals surface area contributed by atoms with Gasteiger partial charge in [-0.15, -0.1) is 25.8 Å². The third-order valence-corrected chi connectivity index (χ3v) is 5.70. The van der Waals surface area contributed by atoms with E-state index in [1.807, 2.05) is 48.5 Å². The summed E-state index contributed by atoms with van der Waals surface area (Å²) in [5, 5.41) is 10.4. The molecule has 0 spiro atoms. The molecule has 37 heavy (non-hydrogen) atoms. The second-order valence-corrected chi connectivity index (χ2v) is 8.32. The summed E-state index contributed by atoms with van der Waals surface area (Å²) in [6.07, 6.45) is 0.366. The average molecular weight is 534 g/mol. The van der Waals surface area contributed by atoms with E-state index >= 15 is 8.78 Å². The van der Waals surface area contributed by atoms with Crippen LogP contribution in [-0.2, 0) is 13.0 Å². The van der Waals surface area contributed by atoms with Gasteiger partial charge in [0.1, 0.15) is 5.82 Å². The fourth-order valence-electron chi connectivity index (χ4n) is 3.99. The predicted molar refractivity (Wildman–Crippen MR) is 163 cm³/mol. The minimum absolute atomic E-state index is 0.0853. The van der Waals surface area contributed by atoms with Crippen molar-refractivity contribution in [1.82, 2.24) is 0 Å². The molecular formula is C30H45F2N3OS. The largest absolute Gasteiger partial charge is 0.396 e. The zero-order valence-electron chi connectivity index (χ0n) is 23.9. The number of rotatable bonds is 6. The molecule has 0 saturated carbocycles. The number of benzene rings is 2. The van der Waals surface area contributed by atoms with E-state index in [0.717, 1.165) is 16.7 Å². The molecule has 2 aromatic rings. The van der Waals surface area contributed by atoms with Gasteiger partial charge in [0.15, 0.2) is 5.82 Å². The number of hydrogen-bond acceptors (Lipinski definition) is 5. The first-order valence-corrected chi connectivity index (χ1v) is 12.6. The van der Waals surface area contributed by atoms with Gasteiger partial charge in [0, 0.05) is 22.4 Å². The first-order chi connectivity index (χ1) is 17.5. The van der Waals surface area contributed by atoms with Crippen molar-refractivity contribution in [3.63, 3.8) is 0 Å². The molecular weight excluding hydrogens is 488 g/mol. The Bertz CT molecular complexity index is 1130. The molecule has 0 amide bonds. The number of hydrogen-bond donors (Lipinski definition) is 4. The molecule has 0 aromatic heterocycles. The van der Waals surface area contributed by atoms with Gasteiger partial charge in [-0.05, 0) is 82.0 Å². The van der Waals surface area contributed by atoms with Crippen LogP contribution in [0.25, 0.3) is 16.7 Å². The lowest BCUT2D eigenvalue weighted by molar-refractivity contribution is 0.280. The monoisotopic (exact) mass is 533 g/mol. The van der Waals surface area contributed by atoms with Crippen molar-refractivity contribution >= 4 is 29.6 Å². The smallest absolute Gasteiger partial charge is 0.154 e. The van der Waals surface area contributed by atoms with Gasteiger partial charge in [-0.3, -0.25) is 0 Å². The van der Waals surface area contributed by atoms with E-state index in [2.05, 4.69) is 43.1 Å². The molecule has 2 aromatic carbocycles. The number of nitrogens with zero attached hydrogens (tertiary/aromatic N) is 1. The summed E-state index contributed by atoms with van der Waals surface area (Å²) in [6, 6.07) is 3.02. The maximum absolute atomic E-state index is 15.9. The van der Waals surface area contributed by atoms with Crippen LogP contribution in [0.1, 0.15) is 76.3 Å². The Labute approximate surface area is 228 Å². The van der Waals surface area contributed by atoms with E-state index in [4.69, 9.17) is 5.73 Å². The lowest BCUT2D eigenvalue weighted by Crippen LogP contribution is -2.14. The van der Waals surface area contributed by atoms with Gasteiger partial charge in [0.05, 0.1) is 17.3 Å². The van der Waals surface area contributed by atoms with Crippen LogP contribution in [0.3, 0.4) is 0 Å². The van der Waals surface area contributed by atoms with Crippen LogP contribution in [0.15, 0.2) is 47.5 Å². The number of halogens is 2. The number of thiol groups is 1. The van der Waals surface area contributed by atoms with Crippen LogP contribution in [0, 0.1) is 18.6 Å². The summed E-state index contributed by atoms with van der Waals surface area (Å²) < 4.78 is 31.2. The molecule has 0 fully saturated rings. The van der Waals surface area contributed by atoms with Gasteiger partial charge in [0.25, 0.3) is 0 Å². The zero-order valence-corrected chi connectivity index (χ0v) is 24.8. The van der Waals surface area contributed by atoms with Crippen LogP contribution >= 0.6 is 12.6 Å². The number of aliphatic hydroxyl groups is 1. The molecule has 0 aliphatic heterocycles. The van der Waals surface area contributed by atoms with E-state index < -0.39 is 18.2 Å². The number of anilines is 1. The number of nitrogens with two attached hydrogens (primary N) is 2. The van der Waals surface area contributed by atoms with Gasteiger partial charge in [-0.2, -0.15) is 0 Å². The van der Waals surface area contributed by atoms with Crippen molar-refractivity contribution in [2.24, 2.45) is 10.7 Å². The van der Waals surface area contributed by atoms with E-state index in [1.165, 1.54) is 13.1 Å². The molecule has 5 N–H and O–H groups in total. The first-order valence-electron chi connectivity index (χ1n) is 12.2. The molecule has 0 bridgehead atoms. The molecule has 0 unspecified atom stereocenters. The third kappa shape index (κ3) is 8.38. The normalized spacial score (nSPS) is 10.2. The summed E-state index contributed by atoms with van der Waals surface area (Å²) >= 11 is 4.08. The highest BCUT2D eigenvalue weighted by molar-refractivity contribution is 7.84. The number of aliphatic hydroxyl groups excluding tert-OH is 1. The maximum Gasteiger partial charge on any atom is 0.154 e. The highest BCUT2D eigenvalue weighted by Gasteiger charge is 2.28. The van der Waals surface area contributed by atoms with E-state index in [-0.39, 0.29) is 21.8 Å². The predicted octanol–water partition coefficient (Wildman–Crippen LogP) is 8.00. The van der Waals surface area contributed by atoms with E-state index in [0.29, 0.717) is 34.4 Å². The van der Waals surface area contributed by atoms with Crippen molar-refractivity contribution in [3.8, 4) is 11.1 Å². The van der Waals surface area contributed by atoms with Crippen LogP contribution in [0.5, 0.6) is 0 Å². The Morgan fingerprint density at radius 1 is 1.00 bits per heavy atom. The average Bonchev–Trinajstić information content (AvgIpc) is 2.89. The quantitative estimate of drug-likeness (QED) is 0.131. The standard InChI is InChI=1S/C25H30F2N2OS.C2H6.C2H4.CH5N/c1-8-17-18(11-30)21(15(6)29-16(7)31)25(28)24(27)22(17)23-19(26)10-9-13(4)20(23)14(5)12(2)3;3*1-2/h9-10,30-31H,7-8,11,28H2,1-6H3;1-2H3;1-2H2;2H2,1H3/b29-15-;;;. The van der Waals surface area contributed by atoms with Crippen LogP contribution in [0.4, 0.5) is 14.5 Å². The molecule has 7 heteroatoms. The van der Waals surface area contributed by atoms with E-state index in [1.54, 1.807) is 13.0 Å². The Hall–Kier alpha value is -2.74. The SMILES string of the molecule is C=C.C=C(S)/N=C(/C)c1c(N)c(F)c(-c2c(F)ccc(C)c2C(C)=C(C)C)c(CC)c1CO.CC.CN. The summed E-state index contributed by atoms with van der Waals surface area (Å²) in [7, 11) is 1.50. The second-order valence-electron chi connectivity index (χ2n) is 7.80. The van der Waals surface area contributed by atoms with Gasteiger partial charge in [0.2, 0.25) is 0 Å². The second kappa shape index (κ2) is 17.7. The van der Waals surface area contributed by atoms with Crippen molar-refractivity contribution in [1.29, 1.82) is 0 Å². The highest BCUT2D eigenvalue weighted by atomic mass is 32.1. The van der Waals surface area contributed by atoms with Gasteiger partial charge in [-0.1, -0.05) is 39.0 Å². The molecule has 0 aliphatic carbocycles. The first kappa shape index (κ1) is 36.4. The van der Waals surface area contributed by atoms with Crippen molar-refractivity contribution in [2.45, 2.75) is 68.4 Å². The van der Waals surface area contributed by atoms with Crippen LogP contribution in [-0.4, -0.2) is 17.9 Å². The zero-order chi connectivity index (χ0) is 29.6. The van der Waals surface area contributed by atoms with Gasteiger partial charge in [-0.25, -0.2) is 13.8 Å². The number of allylic oxidation sites excluding steroid dienone is 2. The number of aliphatic imine (C=N–C) groups is 1. The van der Waals surface area contributed by atoms with Crippen molar-refractivity contribution in [3.05, 3.63) is 81.9 Å². The third-order valence-electron chi connectivity index (χ3n) is 5.60. The molecule has 2 rings (SSSR count). The van der Waals surface area contributed by atoms with Crippen LogP contribution in [0.2, 0.25) is 0 Å². The molecule has 0 radical (unpaired) electrons. The molecule has 0 atom stereocenters. The Morgan fingerprint density at radius 3 is 1.92 bits per heavy atom. The number of aryl methyl sites for hydroxylation is 1. The Kier molecular flexibility index (Phi) is 17.4. The Morgan fingerprint density at radius 2 is 1.51 bits per heavy atom. The molecule has 0 saturated heterocycles. The fourth-order valence-corrected chi connectivity index (χ4v) is 4.14. The molecule has 0 aliphatic rings. The number of nitrogen functional groups attached to an aromatic ring is 1. The maximum atomic E-state index is 15.9. The summed E-state index contributed by atoms with van der Waals surface area (Å²) in [5.41, 5.74) is 15.7. The van der Waals surface area contributed by atoms with Gasteiger partial charge < -0.3 is 16.6 Å². The topological polar surface area (TPSA) is 84.6 Å². The molecule has 0 heterocycles. The lowest BCUT2D eigenvalue weighted by atomic mass is 9.82. The summed E-state index contributed by atoms with van der Waals surface area (Å²) in [6.45, 7) is 24.3.